The molecule has 0 atom stereocenters. The number of piperidine rings is 1. The van der Waals surface area contributed by atoms with E-state index < -0.39 is 5.82 Å². The van der Waals surface area contributed by atoms with Gasteiger partial charge in [0.2, 0.25) is 5.43 Å². The third-order valence-electron chi connectivity index (χ3n) is 5.82. The molecule has 150 valence electrons. The van der Waals surface area contributed by atoms with Crippen LogP contribution in [0.2, 0.25) is 0 Å². The number of hydrogen-bond acceptors (Lipinski definition) is 4. The number of piperazine rings is 1. The SMILES string of the molecule is CCn1cc(C(=O)N2CCCCC2)c(=O)c2cc(F)c(N3CCNCC3)cc21. The summed E-state index contributed by atoms with van der Waals surface area (Å²) in [6.45, 7) is 6.99. The Kier molecular flexibility index (Phi) is 5.35. The van der Waals surface area contributed by atoms with Crippen molar-refractivity contribution in [3.63, 3.8) is 0 Å². The van der Waals surface area contributed by atoms with Crippen LogP contribution in [0.5, 0.6) is 0 Å². The Morgan fingerprint density at radius 3 is 2.50 bits per heavy atom. The maximum atomic E-state index is 14.9. The number of benzene rings is 1. The molecule has 0 saturated carbocycles. The molecule has 7 heteroatoms. The van der Waals surface area contributed by atoms with Crippen LogP contribution in [0.1, 0.15) is 36.5 Å². The van der Waals surface area contributed by atoms with Crippen molar-refractivity contribution in [2.24, 2.45) is 0 Å². The zero-order valence-electron chi connectivity index (χ0n) is 16.3. The third-order valence-corrected chi connectivity index (χ3v) is 5.82. The molecular weight excluding hydrogens is 359 g/mol. The van der Waals surface area contributed by atoms with Crippen LogP contribution in [0.15, 0.2) is 23.1 Å². The lowest BCUT2D eigenvalue weighted by molar-refractivity contribution is 0.0722. The van der Waals surface area contributed by atoms with Gasteiger partial charge in [0.1, 0.15) is 11.4 Å². The summed E-state index contributed by atoms with van der Waals surface area (Å²) in [5.41, 5.74) is 0.968. The second-order valence-electron chi connectivity index (χ2n) is 7.57. The highest BCUT2D eigenvalue weighted by Crippen LogP contribution is 2.26. The average molecular weight is 386 g/mol. The van der Waals surface area contributed by atoms with Crippen LogP contribution >= 0.6 is 0 Å². The van der Waals surface area contributed by atoms with E-state index in [1.165, 1.54) is 6.07 Å². The fourth-order valence-corrected chi connectivity index (χ4v) is 4.23. The van der Waals surface area contributed by atoms with Gasteiger partial charge in [0.05, 0.1) is 11.2 Å². The summed E-state index contributed by atoms with van der Waals surface area (Å²) in [7, 11) is 0. The molecule has 2 aliphatic heterocycles. The van der Waals surface area contributed by atoms with Gasteiger partial charge < -0.3 is 19.7 Å². The van der Waals surface area contributed by atoms with E-state index in [1.54, 1.807) is 17.2 Å². The van der Waals surface area contributed by atoms with E-state index in [-0.39, 0.29) is 22.3 Å². The van der Waals surface area contributed by atoms with E-state index in [4.69, 9.17) is 0 Å². The number of rotatable bonds is 3. The Morgan fingerprint density at radius 1 is 1.11 bits per heavy atom. The number of nitrogens with zero attached hydrogens (tertiary/aromatic N) is 3. The quantitative estimate of drug-likeness (QED) is 0.879. The molecule has 2 aliphatic rings. The fraction of sp³-hybridized carbons (Fsp3) is 0.524. The first kappa shape index (κ1) is 18.9. The van der Waals surface area contributed by atoms with Crippen molar-refractivity contribution in [2.45, 2.75) is 32.7 Å². The molecule has 2 saturated heterocycles. The molecule has 1 aromatic heterocycles. The second kappa shape index (κ2) is 7.91. The van der Waals surface area contributed by atoms with Crippen LogP contribution in [0, 0.1) is 5.82 Å². The molecule has 6 nitrogen and oxygen atoms in total. The second-order valence-corrected chi connectivity index (χ2v) is 7.57. The smallest absolute Gasteiger partial charge is 0.259 e. The van der Waals surface area contributed by atoms with E-state index in [1.807, 2.05) is 16.4 Å². The molecule has 1 amide bonds. The minimum atomic E-state index is -0.406. The molecule has 0 unspecified atom stereocenters. The maximum Gasteiger partial charge on any atom is 0.259 e. The summed E-state index contributed by atoms with van der Waals surface area (Å²) in [5.74, 6) is -0.642. The lowest BCUT2D eigenvalue weighted by Gasteiger charge is -2.30. The molecule has 2 fully saturated rings. The number of pyridine rings is 1. The van der Waals surface area contributed by atoms with Crippen molar-refractivity contribution in [3.8, 4) is 0 Å². The van der Waals surface area contributed by atoms with Gasteiger partial charge in [0.15, 0.2) is 0 Å². The molecule has 4 rings (SSSR count). The monoisotopic (exact) mass is 386 g/mol. The fourth-order valence-electron chi connectivity index (χ4n) is 4.23. The summed E-state index contributed by atoms with van der Waals surface area (Å²) in [5, 5.41) is 3.54. The van der Waals surface area contributed by atoms with Crippen molar-refractivity contribution in [3.05, 3.63) is 39.9 Å². The predicted molar refractivity (Wildman–Crippen MR) is 109 cm³/mol. The normalized spacial score (nSPS) is 17.9. The van der Waals surface area contributed by atoms with Gasteiger partial charge in [0.25, 0.3) is 5.91 Å². The number of aryl methyl sites for hydroxylation is 1. The van der Waals surface area contributed by atoms with Crippen LogP contribution in [0.25, 0.3) is 10.9 Å². The summed E-state index contributed by atoms with van der Waals surface area (Å²) in [6, 6.07) is 3.07. The topological polar surface area (TPSA) is 57.6 Å². The summed E-state index contributed by atoms with van der Waals surface area (Å²) in [4.78, 5) is 29.8. The Hall–Kier alpha value is -2.41. The number of likely N-dealkylation sites (tertiary alicyclic amines) is 1. The molecule has 28 heavy (non-hydrogen) atoms. The van der Waals surface area contributed by atoms with E-state index >= 15 is 0 Å². The first-order valence-corrected chi connectivity index (χ1v) is 10.2. The highest BCUT2D eigenvalue weighted by atomic mass is 19.1. The molecule has 0 aliphatic carbocycles. The van der Waals surface area contributed by atoms with Gasteiger partial charge in [-0.25, -0.2) is 4.39 Å². The number of nitrogens with one attached hydrogen (secondary N) is 1. The zero-order chi connectivity index (χ0) is 19.7. The zero-order valence-corrected chi connectivity index (χ0v) is 16.3. The number of halogens is 1. The molecule has 0 bridgehead atoms. The lowest BCUT2D eigenvalue weighted by Crippen LogP contribution is -2.44. The van der Waals surface area contributed by atoms with Crippen LogP contribution in [-0.4, -0.2) is 54.6 Å². The Labute approximate surface area is 163 Å². The average Bonchev–Trinajstić information content (AvgIpc) is 2.75. The number of hydrogen-bond donors (Lipinski definition) is 1. The van der Waals surface area contributed by atoms with Gasteiger partial charge in [-0.2, -0.15) is 0 Å². The van der Waals surface area contributed by atoms with Crippen molar-refractivity contribution < 1.29 is 9.18 Å². The van der Waals surface area contributed by atoms with Gasteiger partial charge in [0, 0.05) is 57.4 Å². The van der Waals surface area contributed by atoms with E-state index in [9.17, 15) is 14.0 Å². The number of anilines is 1. The lowest BCUT2D eigenvalue weighted by atomic mass is 10.1. The van der Waals surface area contributed by atoms with Crippen molar-refractivity contribution in [1.29, 1.82) is 0 Å². The largest absolute Gasteiger partial charge is 0.367 e. The predicted octanol–water partition coefficient (Wildman–Crippen LogP) is 2.20. The number of fused-ring (bicyclic) bond motifs is 1. The van der Waals surface area contributed by atoms with Gasteiger partial charge in [-0.1, -0.05) is 0 Å². The van der Waals surface area contributed by atoms with Crippen LogP contribution < -0.4 is 15.6 Å². The van der Waals surface area contributed by atoms with Crippen molar-refractivity contribution in [1.82, 2.24) is 14.8 Å². The maximum absolute atomic E-state index is 14.9. The molecule has 1 aromatic carbocycles. The van der Waals surface area contributed by atoms with Gasteiger partial charge in [-0.15, -0.1) is 0 Å². The molecule has 0 spiro atoms. The molecule has 1 N–H and O–H groups in total. The minimum Gasteiger partial charge on any atom is -0.367 e. The first-order chi connectivity index (χ1) is 13.6. The number of aromatic nitrogens is 1. The number of carbonyl (C=O) groups is 1. The van der Waals surface area contributed by atoms with Crippen molar-refractivity contribution in [2.75, 3.05) is 44.2 Å². The van der Waals surface area contributed by atoms with Gasteiger partial charge in [-0.05, 0) is 38.3 Å². The highest BCUT2D eigenvalue weighted by Gasteiger charge is 2.24. The molecule has 0 radical (unpaired) electrons. The summed E-state index contributed by atoms with van der Waals surface area (Å²) >= 11 is 0. The summed E-state index contributed by atoms with van der Waals surface area (Å²) in [6.07, 6.45) is 4.69. The van der Waals surface area contributed by atoms with Gasteiger partial charge >= 0.3 is 0 Å². The van der Waals surface area contributed by atoms with Crippen LogP contribution in [0.4, 0.5) is 10.1 Å². The number of carbonyl (C=O) groups excluding carboxylic acids is 1. The standard InChI is InChI=1S/C21H27FN4O2/c1-2-24-14-16(21(28)26-8-4-3-5-9-26)20(27)15-12-17(22)19(13-18(15)24)25-10-6-23-7-11-25/h12-14,23H,2-11H2,1H3. The van der Waals surface area contributed by atoms with Gasteiger partial charge in [-0.3, -0.25) is 9.59 Å². The van der Waals surface area contributed by atoms with Crippen LogP contribution in [-0.2, 0) is 6.54 Å². The molecule has 3 heterocycles. The van der Waals surface area contributed by atoms with Crippen molar-refractivity contribution >= 4 is 22.5 Å². The third kappa shape index (κ3) is 3.39. The Morgan fingerprint density at radius 2 is 1.82 bits per heavy atom. The summed E-state index contributed by atoms with van der Waals surface area (Å²) < 4.78 is 16.8. The molecular formula is C21H27FN4O2. The Bertz CT molecular complexity index is 944. The minimum absolute atomic E-state index is 0.144. The van der Waals surface area contributed by atoms with E-state index in [0.717, 1.165) is 45.4 Å². The Balaban J connectivity index is 1.81. The number of amides is 1. The highest BCUT2D eigenvalue weighted by molar-refractivity contribution is 5.98. The van der Waals surface area contributed by atoms with E-state index in [2.05, 4.69) is 5.32 Å². The first-order valence-electron chi connectivity index (χ1n) is 10.2. The molecule has 2 aromatic rings. The van der Waals surface area contributed by atoms with Crippen LogP contribution in [0.3, 0.4) is 0 Å². The van der Waals surface area contributed by atoms with E-state index in [0.29, 0.717) is 30.8 Å².